The molecule has 136 valence electrons. The first-order valence-electron chi connectivity index (χ1n) is 8.61. The van der Waals surface area contributed by atoms with E-state index >= 15 is 0 Å². The van der Waals surface area contributed by atoms with E-state index in [1.54, 1.807) is 13.0 Å². The number of ether oxygens (including phenoxy) is 3. The maximum absolute atomic E-state index is 12.3. The highest BCUT2D eigenvalue weighted by Crippen LogP contribution is 2.37. The Morgan fingerprint density at radius 2 is 1.92 bits per heavy atom. The predicted molar refractivity (Wildman–Crippen MR) is 96.8 cm³/mol. The molecule has 7 heteroatoms. The molecule has 1 saturated carbocycles. The lowest BCUT2D eigenvalue weighted by Crippen LogP contribution is -2.36. The smallest absolute Gasteiger partial charge is 0.349 e. The quantitative estimate of drug-likeness (QED) is 0.816. The number of carbonyl (C=O) groups is 2. The second kappa shape index (κ2) is 6.99. The molecule has 1 atom stereocenters. The molecule has 1 amide bonds. The van der Waals surface area contributed by atoms with Gasteiger partial charge in [0, 0.05) is 10.9 Å². The first kappa shape index (κ1) is 16.9. The summed E-state index contributed by atoms with van der Waals surface area (Å²) in [6, 6.07) is 9.52. The average Bonchev–Trinajstić information content (AvgIpc) is 3.32. The van der Waals surface area contributed by atoms with Gasteiger partial charge < -0.3 is 19.5 Å². The Morgan fingerprint density at radius 1 is 1.15 bits per heavy atom. The van der Waals surface area contributed by atoms with E-state index in [-0.39, 0.29) is 11.9 Å². The molecule has 0 saturated heterocycles. The minimum absolute atomic E-state index is 0.243. The molecule has 0 radical (unpaired) electrons. The molecular formula is C19H19NO5S. The third-order valence-electron chi connectivity index (χ3n) is 4.21. The molecule has 1 aromatic carbocycles. The number of hydrogen-bond donors (Lipinski definition) is 1. The van der Waals surface area contributed by atoms with Crippen LogP contribution in [0.4, 0.5) is 0 Å². The summed E-state index contributed by atoms with van der Waals surface area (Å²) in [4.78, 5) is 25.6. The fraction of sp³-hybridized carbons (Fsp3) is 0.368. The number of nitrogens with one attached hydrogen (secondary N) is 1. The summed E-state index contributed by atoms with van der Waals surface area (Å²) in [6.45, 7) is 2.66. The molecule has 2 heterocycles. The van der Waals surface area contributed by atoms with Gasteiger partial charge in [-0.2, -0.15) is 0 Å². The maximum atomic E-state index is 12.3. The van der Waals surface area contributed by atoms with Crippen molar-refractivity contribution < 1.29 is 23.8 Å². The van der Waals surface area contributed by atoms with Gasteiger partial charge in [0.05, 0.1) is 0 Å². The Hall–Kier alpha value is -2.54. The van der Waals surface area contributed by atoms with Crippen LogP contribution in [0.15, 0.2) is 30.3 Å². The Morgan fingerprint density at radius 3 is 2.69 bits per heavy atom. The Balaban J connectivity index is 1.43. The van der Waals surface area contributed by atoms with Gasteiger partial charge in [0.25, 0.3) is 5.91 Å². The average molecular weight is 373 g/mol. The van der Waals surface area contributed by atoms with Crippen molar-refractivity contribution >= 4 is 23.2 Å². The molecule has 1 aliphatic heterocycles. The van der Waals surface area contributed by atoms with E-state index < -0.39 is 12.1 Å². The first-order chi connectivity index (χ1) is 12.6. The SMILES string of the molecule is CC(OC(=O)c1ccc(-c2ccc3c(c2)OCCO3)s1)C(=O)NC1CC1. The largest absolute Gasteiger partial charge is 0.486 e. The van der Waals surface area contributed by atoms with E-state index in [0.29, 0.717) is 23.8 Å². The number of amides is 1. The summed E-state index contributed by atoms with van der Waals surface area (Å²) in [7, 11) is 0. The van der Waals surface area contributed by atoms with Crippen LogP contribution in [0.3, 0.4) is 0 Å². The zero-order valence-corrected chi connectivity index (χ0v) is 15.1. The maximum Gasteiger partial charge on any atom is 0.349 e. The molecule has 0 spiro atoms. The number of carbonyl (C=O) groups excluding carboxylic acids is 2. The minimum Gasteiger partial charge on any atom is -0.486 e. The zero-order chi connectivity index (χ0) is 18.1. The molecule has 1 N–H and O–H groups in total. The topological polar surface area (TPSA) is 73.9 Å². The van der Waals surface area contributed by atoms with E-state index in [1.165, 1.54) is 11.3 Å². The fourth-order valence-corrected chi connectivity index (χ4v) is 3.50. The molecule has 1 fully saturated rings. The third kappa shape index (κ3) is 3.67. The molecular weight excluding hydrogens is 354 g/mol. The van der Waals surface area contributed by atoms with Crippen molar-refractivity contribution in [1.82, 2.24) is 5.32 Å². The lowest BCUT2D eigenvalue weighted by molar-refractivity contribution is -0.129. The summed E-state index contributed by atoms with van der Waals surface area (Å²) in [5.41, 5.74) is 0.942. The highest BCUT2D eigenvalue weighted by molar-refractivity contribution is 7.17. The Bertz CT molecular complexity index is 842. The summed E-state index contributed by atoms with van der Waals surface area (Å²) in [6.07, 6.45) is 1.19. The Kier molecular flexibility index (Phi) is 4.55. The van der Waals surface area contributed by atoms with Crippen LogP contribution in [0.25, 0.3) is 10.4 Å². The van der Waals surface area contributed by atoms with Crippen LogP contribution in [-0.2, 0) is 9.53 Å². The van der Waals surface area contributed by atoms with Crippen LogP contribution in [0, 0.1) is 0 Å². The van der Waals surface area contributed by atoms with E-state index in [9.17, 15) is 9.59 Å². The monoisotopic (exact) mass is 373 g/mol. The van der Waals surface area contributed by atoms with Crippen LogP contribution >= 0.6 is 11.3 Å². The first-order valence-corrected chi connectivity index (χ1v) is 9.43. The predicted octanol–water partition coefficient (Wildman–Crippen LogP) is 3.01. The van der Waals surface area contributed by atoms with Crippen molar-refractivity contribution in [3.8, 4) is 21.9 Å². The van der Waals surface area contributed by atoms with Crippen LogP contribution < -0.4 is 14.8 Å². The highest BCUT2D eigenvalue weighted by atomic mass is 32.1. The van der Waals surface area contributed by atoms with Crippen molar-refractivity contribution in [1.29, 1.82) is 0 Å². The number of esters is 1. The fourth-order valence-electron chi connectivity index (χ4n) is 2.62. The number of benzene rings is 1. The van der Waals surface area contributed by atoms with E-state index in [1.807, 2.05) is 24.3 Å². The molecule has 0 bridgehead atoms. The van der Waals surface area contributed by atoms with Crippen molar-refractivity contribution in [3.63, 3.8) is 0 Å². The second-order valence-corrected chi connectivity index (χ2v) is 7.44. The van der Waals surface area contributed by atoms with Gasteiger partial charge in [0.2, 0.25) is 0 Å². The molecule has 1 aromatic heterocycles. The highest BCUT2D eigenvalue weighted by Gasteiger charge is 2.27. The van der Waals surface area contributed by atoms with Crippen LogP contribution in [0.5, 0.6) is 11.5 Å². The standard InChI is InChI=1S/C19H19NO5S/c1-11(18(21)20-13-3-4-13)25-19(22)17-7-6-16(26-17)12-2-5-14-15(10-12)24-9-8-23-14/h2,5-7,10-11,13H,3-4,8-9H2,1H3,(H,20,21). The van der Waals surface area contributed by atoms with Gasteiger partial charge in [-0.1, -0.05) is 0 Å². The van der Waals surface area contributed by atoms with Gasteiger partial charge in [-0.15, -0.1) is 11.3 Å². The number of hydrogen-bond acceptors (Lipinski definition) is 6. The van der Waals surface area contributed by atoms with Crippen molar-refractivity contribution in [3.05, 3.63) is 35.2 Å². The lowest BCUT2D eigenvalue weighted by atomic mass is 10.1. The zero-order valence-electron chi connectivity index (χ0n) is 14.3. The summed E-state index contributed by atoms with van der Waals surface area (Å²) in [5.74, 6) is 0.699. The van der Waals surface area contributed by atoms with Crippen molar-refractivity contribution in [2.45, 2.75) is 31.9 Å². The molecule has 26 heavy (non-hydrogen) atoms. The van der Waals surface area contributed by atoms with Crippen LogP contribution in [0.2, 0.25) is 0 Å². The van der Waals surface area contributed by atoms with Crippen molar-refractivity contribution in [2.75, 3.05) is 13.2 Å². The van der Waals surface area contributed by atoms with Gasteiger partial charge in [-0.05, 0) is 55.7 Å². The van der Waals surface area contributed by atoms with Gasteiger partial charge in [0.15, 0.2) is 17.6 Å². The van der Waals surface area contributed by atoms with Crippen LogP contribution in [0.1, 0.15) is 29.4 Å². The Labute approximate surface area is 155 Å². The normalized spacial score (nSPS) is 16.7. The molecule has 6 nitrogen and oxygen atoms in total. The molecule has 2 aromatic rings. The van der Waals surface area contributed by atoms with E-state index in [0.717, 1.165) is 29.0 Å². The van der Waals surface area contributed by atoms with Gasteiger partial charge in [-0.3, -0.25) is 4.79 Å². The van der Waals surface area contributed by atoms with Crippen LogP contribution in [-0.4, -0.2) is 37.2 Å². The minimum atomic E-state index is -0.803. The number of rotatable bonds is 5. The van der Waals surface area contributed by atoms with Crippen molar-refractivity contribution in [2.24, 2.45) is 0 Å². The summed E-state index contributed by atoms with van der Waals surface area (Å²) >= 11 is 1.32. The number of thiophene rings is 1. The summed E-state index contributed by atoms with van der Waals surface area (Å²) < 4.78 is 16.4. The second-order valence-electron chi connectivity index (χ2n) is 6.35. The molecule has 1 aliphatic carbocycles. The molecule has 1 unspecified atom stereocenters. The molecule has 4 rings (SSSR count). The van der Waals surface area contributed by atoms with Gasteiger partial charge in [-0.25, -0.2) is 4.79 Å². The number of fused-ring (bicyclic) bond motifs is 1. The molecule has 2 aliphatic rings. The lowest BCUT2D eigenvalue weighted by Gasteiger charge is -2.18. The third-order valence-corrected chi connectivity index (χ3v) is 5.33. The van der Waals surface area contributed by atoms with Gasteiger partial charge in [0.1, 0.15) is 18.1 Å². The van der Waals surface area contributed by atoms with E-state index in [2.05, 4.69) is 5.32 Å². The van der Waals surface area contributed by atoms with Gasteiger partial charge >= 0.3 is 5.97 Å². The summed E-state index contributed by atoms with van der Waals surface area (Å²) in [5, 5.41) is 2.83. The van der Waals surface area contributed by atoms with E-state index in [4.69, 9.17) is 14.2 Å².